The Morgan fingerprint density at radius 3 is 2.89 bits per heavy atom. The number of pyridine rings is 1. The molecular weight excluding hydrogens is 234 g/mol. The number of rotatable bonds is 3. The molecule has 0 aliphatic rings. The molecule has 3 rings (SSSR count). The van der Waals surface area contributed by atoms with E-state index in [2.05, 4.69) is 53.0 Å². The number of aryl methyl sites for hydroxylation is 1. The van der Waals surface area contributed by atoms with Crippen LogP contribution in [0.4, 0.5) is 0 Å². The highest BCUT2D eigenvalue weighted by Gasteiger charge is 2.08. The van der Waals surface area contributed by atoms with Crippen molar-refractivity contribution in [2.75, 3.05) is 0 Å². The van der Waals surface area contributed by atoms with Crippen LogP contribution in [-0.4, -0.2) is 9.55 Å². The van der Waals surface area contributed by atoms with Crippen LogP contribution >= 0.6 is 0 Å². The predicted molar refractivity (Wildman–Crippen MR) is 77.9 cm³/mol. The third-order valence-corrected chi connectivity index (χ3v) is 3.37. The second-order valence-corrected chi connectivity index (χ2v) is 4.85. The molecule has 0 atom stereocenters. The molecule has 0 aliphatic carbocycles. The van der Waals surface area contributed by atoms with Crippen LogP contribution < -0.4 is 5.73 Å². The van der Waals surface area contributed by atoms with Crippen LogP contribution in [0.5, 0.6) is 0 Å². The van der Waals surface area contributed by atoms with E-state index in [9.17, 15) is 0 Å². The molecule has 3 heteroatoms. The third-order valence-electron chi connectivity index (χ3n) is 3.37. The highest BCUT2D eigenvalue weighted by Crippen LogP contribution is 2.20. The molecule has 96 valence electrons. The molecule has 0 saturated heterocycles. The molecule has 0 bridgehead atoms. The lowest BCUT2D eigenvalue weighted by Gasteiger charge is -2.05. The fourth-order valence-corrected chi connectivity index (χ4v) is 2.49. The van der Waals surface area contributed by atoms with Crippen LogP contribution in [0.15, 0.2) is 48.8 Å². The van der Waals surface area contributed by atoms with Crippen molar-refractivity contribution < 1.29 is 0 Å². The first-order chi connectivity index (χ1) is 9.28. The molecule has 0 amide bonds. The van der Waals surface area contributed by atoms with Gasteiger partial charge in [0.2, 0.25) is 0 Å². The zero-order valence-electron chi connectivity index (χ0n) is 11.0. The minimum Gasteiger partial charge on any atom is -0.328 e. The Labute approximate surface area is 112 Å². The average molecular weight is 251 g/mol. The van der Waals surface area contributed by atoms with Crippen molar-refractivity contribution in [3.63, 3.8) is 0 Å². The largest absolute Gasteiger partial charge is 0.328 e. The summed E-state index contributed by atoms with van der Waals surface area (Å²) in [5.41, 5.74) is 10.5. The summed E-state index contributed by atoms with van der Waals surface area (Å²) >= 11 is 0. The number of nitrogens with zero attached hydrogens (tertiary/aromatic N) is 2. The SMILES string of the molecule is Cc1cccc(Cn2cc(CN)c3cccnc32)c1. The number of benzene rings is 1. The smallest absolute Gasteiger partial charge is 0.140 e. The lowest BCUT2D eigenvalue weighted by molar-refractivity contribution is 0.818. The molecule has 0 saturated carbocycles. The molecule has 0 fully saturated rings. The van der Waals surface area contributed by atoms with Gasteiger partial charge in [-0.1, -0.05) is 29.8 Å². The van der Waals surface area contributed by atoms with E-state index in [4.69, 9.17) is 5.73 Å². The Morgan fingerprint density at radius 1 is 1.21 bits per heavy atom. The first kappa shape index (κ1) is 11.9. The van der Waals surface area contributed by atoms with E-state index in [1.165, 1.54) is 11.1 Å². The lowest BCUT2D eigenvalue weighted by atomic mass is 10.1. The summed E-state index contributed by atoms with van der Waals surface area (Å²) in [6.45, 7) is 3.49. The van der Waals surface area contributed by atoms with E-state index in [0.29, 0.717) is 6.54 Å². The number of hydrogen-bond acceptors (Lipinski definition) is 2. The molecule has 0 spiro atoms. The summed E-state index contributed by atoms with van der Waals surface area (Å²) in [6, 6.07) is 12.6. The first-order valence-corrected chi connectivity index (χ1v) is 6.46. The minimum absolute atomic E-state index is 0.545. The topological polar surface area (TPSA) is 43.8 Å². The first-order valence-electron chi connectivity index (χ1n) is 6.46. The van der Waals surface area contributed by atoms with Crippen molar-refractivity contribution in [3.05, 3.63) is 65.5 Å². The molecule has 0 aliphatic heterocycles. The van der Waals surface area contributed by atoms with Gasteiger partial charge in [-0.2, -0.15) is 0 Å². The fraction of sp³-hybridized carbons (Fsp3) is 0.188. The maximum Gasteiger partial charge on any atom is 0.140 e. The van der Waals surface area contributed by atoms with Crippen molar-refractivity contribution in [1.82, 2.24) is 9.55 Å². The summed E-state index contributed by atoms with van der Waals surface area (Å²) in [6.07, 6.45) is 3.94. The zero-order valence-corrected chi connectivity index (χ0v) is 11.0. The van der Waals surface area contributed by atoms with Gasteiger partial charge in [-0.3, -0.25) is 0 Å². The van der Waals surface area contributed by atoms with E-state index in [0.717, 1.165) is 23.1 Å². The average Bonchev–Trinajstić information content (AvgIpc) is 2.77. The van der Waals surface area contributed by atoms with Crippen molar-refractivity contribution in [2.24, 2.45) is 5.73 Å². The summed E-state index contributed by atoms with van der Waals surface area (Å²) < 4.78 is 2.17. The highest BCUT2D eigenvalue weighted by atomic mass is 15.0. The normalized spacial score (nSPS) is 11.1. The molecule has 1 aromatic carbocycles. The second-order valence-electron chi connectivity index (χ2n) is 4.85. The molecule has 2 N–H and O–H groups in total. The van der Waals surface area contributed by atoms with Gasteiger partial charge >= 0.3 is 0 Å². The van der Waals surface area contributed by atoms with E-state index in [1.807, 2.05) is 12.3 Å². The van der Waals surface area contributed by atoms with Gasteiger partial charge in [-0.15, -0.1) is 0 Å². The van der Waals surface area contributed by atoms with E-state index in [1.54, 1.807) is 0 Å². The Morgan fingerprint density at radius 2 is 2.11 bits per heavy atom. The van der Waals surface area contributed by atoms with Gasteiger partial charge in [0.1, 0.15) is 5.65 Å². The van der Waals surface area contributed by atoms with Crippen LogP contribution in [-0.2, 0) is 13.1 Å². The number of aromatic nitrogens is 2. The van der Waals surface area contributed by atoms with Crippen molar-refractivity contribution in [2.45, 2.75) is 20.0 Å². The standard InChI is InChI=1S/C16H17N3/c1-12-4-2-5-13(8-12)10-19-11-14(9-17)15-6-3-7-18-16(15)19/h2-8,11H,9-10,17H2,1H3. The number of nitrogens with two attached hydrogens (primary N) is 1. The second kappa shape index (κ2) is 4.86. The van der Waals surface area contributed by atoms with E-state index >= 15 is 0 Å². The van der Waals surface area contributed by atoms with Crippen molar-refractivity contribution >= 4 is 11.0 Å². The van der Waals surface area contributed by atoms with Gasteiger partial charge in [-0.05, 0) is 30.2 Å². The van der Waals surface area contributed by atoms with Gasteiger partial charge in [0.05, 0.1) is 0 Å². The van der Waals surface area contributed by atoms with Crippen LogP contribution in [0.25, 0.3) is 11.0 Å². The van der Waals surface area contributed by atoms with Gasteiger partial charge in [0, 0.05) is 30.9 Å². The third kappa shape index (κ3) is 2.25. The van der Waals surface area contributed by atoms with Gasteiger partial charge in [-0.25, -0.2) is 4.98 Å². The molecule has 19 heavy (non-hydrogen) atoms. The quantitative estimate of drug-likeness (QED) is 0.778. The van der Waals surface area contributed by atoms with Gasteiger partial charge < -0.3 is 10.3 Å². The number of hydrogen-bond donors (Lipinski definition) is 1. The van der Waals surface area contributed by atoms with E-state index < -0.39 is 0 Å². The Hall–Kier alpha value is -2.13. The van der Waals surface area contributed by atoms with Crippen molar-refractivity contribution in [3.8, 4) is 0 Å². The predicted octanol–water partition coefficient (Wildman–Crippen LogP) is 2.85. The van der Waals surface area contributed by atoms with Gasteiger partial charge in [0.15, 0.2) is 0 Å². The Balaban J connectivity index is 2.06. The molecular formula is C16H17N3. The fourth-order valence-electron chi connectivity index (χ4n) is 2.49. The molecule has 3 aromatic rings. The summed E-state index contributed by atoms with van der Waals surface area (Å²) in [4.78, 5) is 4.48. The van der Waals surface area contributed by atoms with E-state index in [-0.39, 0.29) is 0 Å². The molecule has 2 aromatic heterocycles. The summed E-state index contributed by atoms with van der Waals surface area (Å²) in [5, 5.41) is 1.15. The molecule has 2 heterocycles. The highest BCUT2D eigenvalue weighted by molar-refractivity contribution is 5.80. The molecule has 0 unspecified atom stereocenters. The molecule has 3 nitrogen and oxygen atoms in total. The summed E-state index contributed by atoms with van der Waals surface area (Å²) in [5.74, 6) is 0. The Kier molecular flexibility index (Phi) is 3.05. The number of fused-ring (bicyclic) bond motifs is 1. The lowest BCUT2D eigenvalue weighted by Crippen LogP contribution is -1.99. The van der Waals surface area contributed by atoms with Crippen LogP contribution in [0, 0.1) is 6.92 Å². The van der Waals surface area contributed by atoms with Gasteiger partial charge in [0.25, 0.3) is 0 Å². The Bertz CT molecular complexity index is 713. The van der Waals surface area contributed by atoms with Crippen LogP contribution in [0.2, 0.25) is 0 Å². The van der Waals surface area contributed by atoms with Crippen molar-refractivity contribution in [1.29, 1.82) is 0 Å². The van der Waals surface area contributed by atoms with Crippen LogP contribution in [0.1, 0.15) is 16.7 Å². The maximum atomic E-state index is 5.81. The monoisotopic (exact) mass is 251 g/mol. The maximum absolute atomic E-state index is 5.81. The summed E-state index contributed by atoms with van der Waals surface area (Å²) in [7, 11) is 0. The molecule has 0 radical (unpaired) electrons. The van der Waals surface area contributed by atoms with Crippen LogP contribution in [0.3, 0.4) is 0 Å². The zero-order chi connectivity index (χ0) is 13.2. The minimum atomic E-state index is 0.545.